The minimum Gasteiger partial charge on any atom is -0.493 e. The first kappa shape index (κ1) is 12.9. The van der Waals surface area contributed by atoms with Crippen LogP contribution in [0.3, 0.4) is 0 Å². The highest BCUT2D eigenvalue weighted by Gasteiger charge is 2.26. The summed E-state index contributed by atoms with van der Waals surface area (Å²) in [6.45, 7) is 4.86. The van der Waals surface area contributed by atoms with Crippen molar-refractivity contribution in [2.24, 2.45) is 0 Å². The Kier molecular flexibility index (Phi) is 4.04. The largest absolute Gasteiger partial charge is 0.493 e. The van der Waals surface area contributed by atoms with Crippen LogP contribution < -0.4 is 10.1 Å². The molecular formula is C16H23NO2. The molecule has 0 aliphatic carbocycles. The first-order valence-corrected chi connectivity index (χ1v) is 7.49. The number of rotatable bonds is 4. The van der Waals surface area contributed by atoms with Crippen LogP contribution in [0.25, 0.3) is 0 Å². The minimum atomic E-state index is 0.314. The van der Waals surface area contributed by atoms with Gasteiger partial charge in [0.2, 0.25) is 0 Å². The van der Waals surface area contributed by atoms with E-state index in [0.29, 0.717) is 12.1 Å². The summed E-state index contributed by atoms with van der Waals surface area (Å²) in [5.74, 6) is 1.06. The molecule has 1 fully saturated rings. The Bertz CT molecular complexity index is 427. The second kappa shape index (κ2) is 5.93. The van der Waals surface area contributed by atoms with E-state index in [1.54, 1.807) is 0 Å². The number of benzene rings is 1. The van der Waals surface area contributed by atoms with Gasteiger partial charge in [0, 0.05) is 13.0 Å². The molecule has 0 radical (unpaired) electrons. The van der Waals surface area contributed by atoms with E-state index in [2.05, 4.69) is 30.4 Å². The third-order valence-electron chi connectivity index (χ3n) is 4.08. The standard InChI is InChI=1S/C16H23NO2/c1-2-17-16(15-5-3-4-9-18-15)13-6-7-14-12(11-13)8-10-19-14/h6-7,11,15-17H,2-5,8-10H2,1H3. The fourth-order valence-corrected chi connectivity index (χ4v) is 3.11. The van der Waals surface area contributed by atoms with Crippen LogP contribution in [0.15, 0.2) is 18.2 Å². The molecule has 2 aliphatic rings. The van der Waals surface area contributed by atoms with Gasteiger partial charge in [-0.25, -0.2) is 0 Å². The van der Waals surface area contributed by atoms with Gasteiger partial charge in [-0.3, -0.25) is 0 Å². The molecule has 0 bridgehead atoms. The molecule has 19 heavy (non-hydrogen) atoms. The molecule has 3 nitrogen and oxygen atoms in total. The molecule has 0 spiro atoms. The summed E-state index contributed by atoms with van der Waals surface area (Å²) >= 11 is 0. The minimum absolute atomic E-state index is 0.314. The van der Waals surface area contributed by atoms with E-state index in [1.165, 1.54) is 24.0 Å². The molecule has 2 unspecified atom stereocenters. The van der Waals surface area contributed by atoms with Gasteiger partial charge in [-0.2, -0.15) is 0 Å². The van der Waals surface area contributed by atoms with Gasteiger partial charge in [0.15, 0.2) is 0 Å². The van der Waals surface area contributed by atoms with E-state index in [4.69, 9.17) is 9.47 Å². The van der Waals surface area contributed by atoms with Crippen LogP contribution in [0.2, 0.25) is 0 Å². The van der Waals surface area contributed by atoms with Gasteiger partial charge in [0.05, 0.1) is 18.8 Å². The summed E-state index contributed by atoms with van der Waals surface area (Å²) in [4.78, 5) is 0. The maximum absolute atomic E-state index is 5.97. The molecule has 1 aromatic rings. The molecule has 1 saturated heterocycles. The topological polar surface area (TPSA) is 30.5 Å². The number of fused-ring (bicyclic) bond motifs is 1. The van der Waals surface area contributed by atoms with E-state index in [9.17, 15) is 0 Å². The molecule has 104 valence electrons. The van der Waals surface area contributed by atoms with Crippen LogP contribution in [0.4, 0.5) is 0 Å². The monoisotopic (exact) mass is 261 g/mol. The van der Waals surface area contributed by atoms with E-state index in [0.717, 1.165) is 38.3 Å². The van der Waals surface area contributed by atoms with E-state index < -0.39 is 0 Å². The summed E-state index contributed by atoms with van der Waals surface area (Å²) in [6, 6.07) is 6.92. The highest BCUT2D eigenvalue weighted by atomic mass is 16.5. The van der Waals surface area contributed by atoms with Crippen LogP contribution in [0, 0.1) is 0 Å². The highest BCUT2D eigenvalue weighted by molar-refractivity contribution is 5.41. The van der Waals surface area contributed by atoms with Gasteiger partial charge in [0.1, 0.15) is 5.75 Å². The summed E-state index contributed by atoms with van der Waals surface area (Å²) in [6.07, 6.45) is 4.99. The van der Waals surface area contributed by atoms with Crippen molar-refractivity contribution in [2.75, 3.05) is 19.8 Å². The van der Waals surface area contributed by atoms with Crippen molar-refractivity contribution in [3.05, 3.63) is 29.3 Å². The average molecular weight is 261 g/mol. The number of ether oxygens (including phenoxy) is 2. The zero-order valence-electron chi connectivity index (χ0n) is 11.7. The summed E-state index contributed by atoms with van der Waals surface area (Å²) in [5.41, 5.74) is 2.69. The molecule has 3 rings (SSSR count). The van der Waals surface area contributed by atoms with Gasteiger partial charge < -0.3 is 14.8 Å². The zero-order valence-corrected chi connectivity index (χ0v) is 11.7. The van der Waals surface area contributed by atoms with Crippen LogP contribution in [-0.2, 0) is 11.2 Å². The SMILES string of the molecule is CCNC(c1ccc2c(c1)CCO2)C1CCCCO1. The normalized spacial score (nSPS) is 23.7. The second-order valence-corrected chi connectivity index (χ2v) is 5.41. The Morgan fingerprint density at radius 1 is 1.32 bits per heavy atom. The van der Waals surface area contributed by atoms with Crippen LogP contribution in [0.5, 0.6) is 5.75 Å². The number of likely N-dealkylation sites (N-methyl/N-ethyl adjacent to an activating group) is 1. The van der Waals surface area contributed by atoms with Crippen molar-refractivity contribution in [3.8, 4) is 5.75 Å². The second-order valence-electron chi connectivity index (χ2n) is 5.41. The lowest BCUT2D eigenvalue weighted by Crippen LogP contribution is -2.36. The van der Waals surface area contributed by atoms with Gasteiger partial charge >= 0.3 is 0 Å². The zero-order chi connectivity index (χ0) is 13.1. The number of nitrogens with one attached hydrogen (secondary N) is 1. The third-order valence-corrected chi connectivity index (χ3v) is 4.08. The fraction of sp³-hybridized carbons (Fsp3) is 0.625. The van der Waals surface area contributed by atoms with Crippen molar-refractivity contribution in [1.82, 2.24) is 5.32 Å². The first-order chi connectivity index (χ1) is 9.38. The van der Waals surface area contributed by atoms with Crippen molar-refractivity contribution in [3.63, 3.8) is 0 Å². The van der Waals surface area contributed by atoms with E-state index >= 15 is 0 Å². The number of hydrogen-bond acceptors (Lipinski definition) is 3. The molecule has 0 aromatic heterocycles. The Morgan fingerprint density at radius 3 is 3.05 bits per heavy atom. The van der Waals surface area contributed by atoms with Gasteiger partial charge in [-0.1, -0.05) is 19.1 Å². The Labute approximate surface area is 115 Å². The highest BCUT2D eigenvalue weighted by Crippen LogP contribution is 2.32. The maximum atomic E-state index is 5.97. The van der Waals surface area contributed by atoms with Gasteiger partial charge in [-0.05, 0) is 43.0 Å². The first-order valence-electron chi connectivity index (χ1n) is 7.49. The lowest BCUT2D eigenvalue weighted by Gasteiger charge is -2.31. The molecule has 0 amide bonds. The molecule has 2 aliphatic heterocycles. The maximum Gasteiger partial charge on any atom is 0.122 e. The Morgan fingerprint density at radius 2 is 2.26 bits per heavy atom. The van der Waals surface area contributed by atoms with Crippen LogP contribution in [0.1, 0.15) is 43.4 Å². The molecule has 3 heteroatoms. The summed E-state index contributed by atoms with van der Waals surface area (Å²) in [5, 5.41) is 3.59. The van der Waals surface area contributed by atoms with Crippen LogP contribution in [-0.4, -0.2) is 25.9 Å². The number of hydrogen-bond donors (Lipinski definition) is 1. The molecule has 1 aromatic carbocycles. The van der Waals surface area contributed by atoms with Crippen LogP contribution >= 0.6 is 0 Å². The average Bonchev–Trinajstić information content (AvgIpc) is 2.93. The fourth-order valence-electron chi connectivity index (χ4n) is 3.11. The lowest BCUT2D eigenvalue weighted by molar-refractivity contribution is -0.00787. The molecule has 1 N–H and O–H groups in total. The predicted molar refractivity (Wildman–Crippen MR) is 75.6 cm³/mol. The van der Waals surface area contributed by atoms with Crippen molar-refractivity contribution in [1.29, 1.82) is 0 Å². The van der Waals surface area contributed by atoms with E-state index in [1.807, 2.05) is 0 Å². The lowest BCUT2D eigenvalue weighted by atomic mass is 9.94. The molecule has 2 heterocycles. The predicted octanol–water partition coefficient (Wildman–Crippen LogP) is 2.84. The van der Waals surface area contributed by atoms with Crippen molar-refractivity contribution >= 4 is 0 Å². The van der Waals surface area contributed by atoms with E-state index in [-0.39, 0.29) is 0 Å². The molecular weight excluding hydrogens is 238 g/mol. The van der Waals surface area contributed by atoms with Gasteiger partial charge in [0.25, 0.3) is 0 Å². The van der Waals surface area contributed by atoms with Gasteiger partial charge in [-0.15, -0.1) is 0 Å². The molecule has 2 atom stereocenters. The quantitative estimate of drug-likeness (QED) is 0.904. The Hall–Kier alpha value is -1.06. The summed E-state index contributed by atoms with van der Waals surface area (Å²) in [7, 11) is 0. The van der Waals surface area contributed by atoms with Crippen molar-refractivity contribution in [2.45, 2.75) is 44.8 Å². The smallest absolute Gasteiger partial charge is 0.122 e. The Balaban J connectivity index is 1.82. The molecule has 0 saturated carbocycles. The van der Waals surface area contributed by atoms with Crippen molar-refractivity contribution < 1.29 is 9.47 Å². The third kappa shape index (κ3) is 2.77. The summed E-state index contributed by atoms with van der Waals surface area (Å²) < 4.78 is 11.6.